The highest BCUT2D eigenvalue weighted by Crippen LogP contribution is 2.50. The molecule has 5 heteroatoms. The van der Waals surface area contributed by atoms with Crippen LogP contribution in [0.1, 0.15) is 49.9 Å². The first-order valence-corrected chi connectivity index (χ1v) is 8.83. The minimum atomic E-state index is 0.236. The third-order valence-electron chi connectivity index (χ3n) is 6.15. The molecule has 1 aromatic heterocycles. The third kappa shape index (κ3) is 2.75. The van der Waals surface area contributed by atoms with Crippen molar-refractivity contribution in [3.05, 3.63) is 23.8 Å². The summed E-state index contributed by atoms with van der Waals surface area (Å²) >= 11 is 0. The zero-order valence-electron chi connectivity index (χ0n) is 14.2. The van der Waals surface area contributed by atoms with Crippen molar-refractivity contribution in [2.45, 2.75) is 51.5 Å². The number of carbonyl (C=O) groups excluding carboxylic acids is 1. The van der Waals surface area contributed by atoms with Gasteiger partial charge in [-0.15, -0.1) is 0 Å². The fourth-order valence-corrected chi connectivity index (χ4v) is 4.65. The highest BCUT2D eigenvalue weighted by atomic mass is 16.2. The van der Waals surface area contributed by atoms with Gasteiger partial charge in [0.15, 0.2) is 0 Å². The van der Waals surface area contributed by atoms with Gasteiger partial charge < -0.3 is 9.80 Å². The quantitative estimate of drug-likeness (QED) is 0.837. The van der Waals surface area contributed by atoms with Crippen molar-refractivity contribution in [1.82, 2.24) is 19.8 Å². The van der Waals surface area contributed by atoms with Gasteiger partial charge in [-0.1, -0.05) is 0 Å². The van der Waals surface area contributed by atoms with Crippen molar-refractivity contribution in [3.8, 4) is 0 Å². The summed E-state index contributed by atoms with van der Waals surface area (Å²) in [6, 6.07) is 0.749. The predicted molar refractivity (Wildman–Crippen MR) is 88.0 cm³/mol. The van der Waals surface area contributed by atoms with Crippen LogP contribution in [-0.4, -0.2) is 57.9 Å². The van der Waals surface area contributed by atoms with Gasteiger partial charge in [0.1, 0.15) is 5.82 Å². The van der Waals surface area contributed by atoms with Gasteiger partial charge in [0.25, 0.3) is 0 Å². The van der Waals surface area contributed by atoms with Crippen LogP contribution in [0.2, 0.25) is 0 Å². The smallest absolute Gasteiger partial charge is 0.219 e. The highest BCUT2D eigenvalue weighted by Gasteiger charge is 2.54. The van der Waals surface area contributed by atoms with Gasteiger partial charge in [-0.2, -0.15) is 0 Å². The number of hydrogen-bond donors (Lipinski definition) is 0. The van der Waals surface area contributed by atoms with E-state index in [4.69, 9.17) is 0 Å². The molecule has 1 amide bonds. The lowest BCUT2D eigenvalue weighted by Gasteiger charge is -2.61. The minimum Gasteiger partial charge on any atom is -0.342 e. The highest BCUT2D eigenvalue weighted by molar-refractivity contribution is 5.74. The Morgan fingerprint density at radius 1 is 1.17 bits per heavy atom. The third-order valence-corrected chi connectivity index (χ3v) is 6.15. The SMILES string of the molecule is CC(=O)N1CC2(CC(N3CCC(c4cnc(C)nc4)CC3)C2)C1. The average molecular weight is 314 g/mol. The number of aryl methyl sites for hydroxylation is 1. The van der Waals surface area contributed by atoms with Crippen LogP contribution in [0, 0.1) is 12.3 Å². The predicted octanol–water partition coefficient (Wildman–Crippen LogP) is 1.98. The summed E-state index contributed by atoms with van der Waals surface area (Å²) in [5.41, 5.74) is 1.77. The van der Waals surface area contributed by atoms with Crippen molar-refractivity contribution in [2.24, 2.45) is 5.41 Å². The van der Waals surface area contributed by atoms with E-state index in [1.165, 1.54) is 44.3 Å². The van der Waals surface area contributed by atoms with E-state index in [1.807, 2.05) is 24.2 Å². The first-order valence-electron chi connectivity index (χ1n) is 8.83. The van der Waals surface area contributed by atoms with Crippen LogP contribution in [0.25, 0.3) is 0 Å². The van der Waals surface area contributed by atoms with E-state index in [-0.39, 0.29) is 5.91 Å². The molecule has 23 heavy (non-hydrogen) atoms. The molecule has 3 fully saturated rings. The second-order valence-electron chi connectivity index (χ2n) is 7.81. The summed E-state index contributed by atoms with van der Waals surface area (Å²) in [6.45, 7) is 7.99. The standard InChI is InChI=1S/C18H26N4O/c1-13-19-9-16(10-20-13)15-3-5-21(6-4-15)17-7-18(8-17)11-22(12-18)14(2)23/h9-10,15,17H,3-8,11-12H2,1-2H3. The topological polar surface area (TPSA) is 49.3 Å². The number of likely N-dealkylation sites (tertiary alicyclic amines) is 2. The second-order valence-corrected chi connectivity index (χ2v) is 7.81. The van der Waals surface area contributed by atoms with Crippen LogP contribution in [0.5, 0.6) is 0 Å². The average Bonchev–Trinajstić information content (AvgIpc) is 2.45. The van der Waals surface area contributed by atoms with Gasteiger partial charge in [-0.05, 0) is 57.2 Å². The van der Waals surface area contributed by atoms with Crippen LogP contribution in [-0.2, 0) is 4.79 Å². The summed E-state index contributed by atoms with van der Waals surface area (Å²) in [4.78, 5) is 24.7. The molecule has 1 spiro atoms. The molecule has 2 saturated heterocycles. The normalized spacial score (nSPS) is 25.2. The monoisotopic (exact) mass is 314 g/mol. The largest absolute Gasteiger partial charge is 0.342 e. The maximum atomic E-state index is 11.3. The summed E-state index contributed by atoms with van der Waals surface area (Å²) in [7, 11) is 0. The number of carbonyl (C=O) groups is 1. The Balaban J connectivity index is 1.25. The summed E-state index contributed by atoms with van der Waals surface area (Å²) < 4.78 is 0. The van der Waals surface area contributed by atoms with Gasteiger partial charge >= 0.3 is 0 Å². The molecule has 0 aromatic carbocycles. The molecule has 3 heterocycles. The van der Waals surface area contributed by atoms with Gasteiger partial charge in [0.05, 0.1) is 0 Å². The van der Waals surface area contributed by atoms with Gasteiger partial charge in [-0.25, -0.2) is 9.97 Å². The zero-order valence-corrected chi connectivity index (χ0v) is 14.2. The zero-order chi connectivity index (χ0) is 16.0. The number of amides is 1. The van der Waals surface area contributed by atoms with Crippen molar-refractivity contribution < 1.29 is 4.79 Å². The fraction of sp³-hybridized carbons (Fsp3) is 0.722. The van der Waals surface area contributed by atoms with Gasteiger partial charge in [0, 0.05) is 43.9 Å². The van der Waals surface area contributed by atoms with E-state index < -0.39 is 0 Å². The lowest BCUT2D eigenvalue weighted by atomic mass is 9.60. The van der Waals surface area contributed by atoms with Gasteiger partial charge in [0.2, 0.25) is 5.91 Å². The van der Waals surface area contributed by atoms with E-state index in [0.717, 1.165) is 25.0 Å². The van der Waals surface area contributed by atoms with Gasteiger partial charge in [-0.3, -0.25) is 4.79 Å². The van der Waals surface area contributed by atoms with Crippen molar-refractivity contribution in [2.75, 3.05) is 26.2 Å². The molecule has 2 aliphatic heterocycles. The second kappa shape index (κ2) is 5.55. The number of aromatic nitrogens is 2. The number of nitrogens with zero attached hydrogens (tertiary/aromatic N) is 4. The fourth-order valence-electron chi connectivity index (χ4n) is 4.65. The van der Waals surface area contributed by atoms with E-state index in [2.05, 4.69) is 14.9 Å². The summed E-state index contributed by atoms with van der Waals surface area (Å²) in [5, 5.41) is 0. The van der Waals surface area contributed by atoms with E-state index in [0.29, 0.717) is 11.3 Å². The molecule has 1 aliphatic carbocycles. The molecule has 1 saturated carbocycles. The van der Waals surface area contributed by atoms with Crippen molar-refractivity contribution in [3.63, 3.8) is 0 Å². The van der Waals surface area contributed by atoms with Crippen LogP contribution < -0.4 is 0 Å². The Hall–Kier alpha value is -1.49. The maximum Gasteiger partial charge on any atom is 0.219 e. The summed E-state index contributed by atoms with van der Waals surface area (Å²) in [5.74, 6) is 1.71. The Bertz CT molecular complexity index is 578. The molecule has 5 nitrogen and oxygen atoms in total. The molecular formula is C18H26N4O. The van der Waals surface area contributed by atoms with Crippen LogP contribution in [0.15, 0.2) is 12.4 Å². The first-order chi connectivity index (χ1) is 11.0. The number of piperidine rings is 1. The molecule has 4 rings (SSSR count). The Kier molecular flexibility index (Phi) is 3.63. The van der Waals surface area contributed by atoms with E-state index in [9.17, 15) is 4.79 Å². The van der Waals surface area contributed by atoms with Crippen LogP contribution in [0.3, 0.4) is 0 Å². The molecular weight excluding hydrogens is 288 g/mol. The Morgan fingerprint density at radius 3 is 2.35 bits per heavy atom. The molecule has 1 aromatic rings. The molecule has 0 radical (unpaired) electrons. The van der Waals surface area contributed by atoms with Crippen LogP contribution in [0.4, 0.5) is 0 Å². The minimum absolute atomic E-state index is 0.236. The van der Waals surface area contributed by atoms with Crippen LogP contribution >= 0.6 is 0 Å². The van der Waals surface area contributed by atoms with E-state index in [1.54, 1.807) is 6.92 Å². The molecule has 0 bridgehead atoms. The molecule has 124 valence electrons. The molecule has 0 atom stereocenters. The molecule has 0 unspecified atom stereocenters. The first kappa shape index (κ1) is 15.1. The Morgan fingerprint density at radius 2 is 1.78 bits per heavy atom. The maximum absolute atomic E-state index is 11.3. The number of hydrogen-bond acceptors (Lipinski definition) is 4. The van der Waals surface area contributed by atoms with E-state index >= 15 is 0 Å². The Labute approximate surface area is 138 Å². The molecule has 0 N–H and O–H groups in total. The lowest BCUT2D eigenvalue weighted by Crippen LogP contribution is -2.67. The van der Waals surface area contributed by atoms with Crippen molar-refractivity contribution in [1.29, 1.82) is 0 Å². The lowest BCUT2D eigenvalue weighted by molar-refractivity contribution is -0.155. The van der Waals surface area contributed by atoms with Crippen molar-refractivity contribution >= 4 is 5.91 Å². The molecule has 3 aliphatic rings. The summed E-state index contributed by atoms with van der Waals surface area (Å²) in [6.07, 6.45) is 9.02. The number of rotatable bonds is 2.